The summed E-state index contributed by atoms with van der Waals surface area (Å²) in [5.74, 6) is -0.0893. The third-order valence-corrected chi connectivity index (χ3v) is 4.08. The molecule has 0 aromatic carbocycles. The standard InChI is InChI=1S/C17H17N5O2/c1-12-2-3-16-20-14(10-22(16)9-12)17(23)21-6-7-24-15(11-21)13-8-18-4-5-19-13/h2-5,8-10,15H,6-7,11H2,1H3/t15-/m0/s1. The summed E-state index contributed by atoms with van der Waals surface area (Å²) in [6.07, 6.45) is 8.40. The zero-order valence-electron chi connectivity index (χ0n) is 13.3. The van der Waals surface area contributed by atoms with E-state index in [1.54, 1.807) is 29.7 Å². The van der Waals surface area contributed by atoms with Crippen LogP contribution in [0.25, 0.3) is 5.65 Å². The lowest BCUT2D eigenvalue weighted by atomic mass is 10.2. The van der Waals surface area contributed by atoms with Crippen LogP contribution in [0.4, 0.5) is 0 Å². The van der Waals surface area contributed by atoms with Crippen LogP contribution in [-0.4, -0.2) is 49.9 Å². The largest absolute Gasteiger partial charge is 0.368 e. The Morgan fingerprint density at radius 2 is 2.21 bits per heavy atom. The average molecular weight is 323 g/mol. The van der Waals surface area contributed by atoms with Crippen LogP contribution in [0.1, 0.15) is 27.8 Å². The number of carbonyl (C=O) groups is 1. The van der Waals surface area contributed by atoms with E-state index in [0.29, 0.717) is 25.4 Å². The molecule has 1 amide bonds. The first-order valence-electron chi connectivity index (χ1n) is 7.83. The number of carbonyl (C=O) groups excluding carboxylic acids is 1. The normalized spacial score (nSPS) is 18.0. The summed E-state index contributed by atoms with van der Waals surface area (Å²) < 4.78 is 7.61. The first-order valence-corrected chi connectivity index (χ1v) is 7.83. The molecule has 0 saturated carbocycles. The zero-order chi connectivity index (χ0) is 16.5. The molecule has 1 aliphatic heterocycles. The topological polar surface area (TPSA) is 72.6 Å². The van der Waals surface area contributed by atoms with Crippen molar-refractivity contribution < 1.29 is 9.53 Å². The number of morpholine rings is 1. The van der Waals surface area contributed by atoms with Crippen LogP contribution in [0.15, 0.2) is 43.1 Å². The quantitative estimate of drug-likeness (QED) is 0.717. The van der Waals surface area contributed by atoms with Gasteiger partial charge in [-0.3, -0.25) is 14.8 Å². The maximum atomic E-state index is 12.8. The van der Waals surface area contributed by atoms with Gasteiger partial charge in [0.05, 0.1) is 25.0 Å². The second-order valence-corrected chi connectivity index (χ2v) is 5.84. The highest BCUT2D eigenvalue weighted by atomic mass is 16.5. The maximum absolute atomic E-state index is 12.8. The number of aromatic nitrogens is 4. The van der Waals surface area contributed by atoms with E-state index in [4.69, 9.17) is 4.74 Å². The van der Waals surface area contributed by atoms with Crippen molar-refractivity contribution in [2.24, 2.45) is 0 Å². The van der Waals surface area contributed by atoms with Crippen molar-refractivity contribution in [3.05, 3.63) is 60.1 Å². The lowest BCUT2D eigenvalue weighted by Crippen LogP contribution is -2.42. The van der Waals surface area contributed by atoms with Gasteiger partial charge in [0, 0.05) is 31.3 Å². The van der Waals surface area contributed by atoms with Crippen LogP contribution in [0.3, 0.4) is 0 Å². The molecule has 4 rings (SSSR count). The van der Waals surface area contributed by atoms with Gasteiger partial charge in [0.1, 0.15) is 17.4 Å². The van der Waals surface area contributed by atoms with Gasteiger partial charge in [-0.05, 0) is 18.6 Å². The van der Waals surface area contributed by atoms with E-state index < -0.39 is 0 Å². The van der Waals surface area contributed by atoms with E-state index in [9.17, 15) is 4.79 Å². The predicted octanol–water partition coefficient (Wildman–Crippen LogP) is 1.65. The molecule has 1 saturated heterocycles. The summed E-state index contributed by atoms with van der Waals surface area (Å²) in [6, 6.07) is 3.89. The molecule has 0 bridgehead atoms. The van der Waals surface area contributed by atoms with Crippen molar-refractivity contribution in [2.75, 3.05) is 19.7 Å². The molecule has 3 aromatic heterocycles. The molecule has 0 spiro atoms. The summed E-state index contributed by atoms with van der Waals surface area (Å²) in [4.78, 5) is 27.3. The van der Waals surface area contributed by atoms with Crippen molar-refractivity contribution in [1.82, 2.24) is 24.3 Å². The predicted molar refractivity (Wildman–Crippen MR) is 86.6 cm³/mol. The Hall–Kier alpha value is -2.80. The van der Waals surface area contributed by atoms with E-state index >= 15 is 0 Å². The van der Waals surface area contributed by atoms with Gasteiger partial charge in [-0.15, -0.1) is 0 Å². The second kappa shape index (κ2) is 6.01. The number of amides is 1. The molecule has 1 fully saturated rings. The molecular weight excluding hydrogens is 306 g/mol. The molecule has 1 aliphatic rings. The van der Waals surface area contributed by atoms with Crippen LogP contribution < -0.4 is 0 Å². The fraction of sp³-hybridized carbons (Fsp3) is 0.294. The van der Waals surface area contributed by atoms with Crippen molar-refractivity contribution in [3.8, 4) is 0 Å². The third kappa shape index (κ3) is 2.74. The number of hydrogen-bond acceptors (Lipinski definition) is 5. The van der Waals surface area contributed by atoms with E-state index in [1.807, 2.05) is 29.7 Å². The number of hydrogen-bond donors (Lipinski definition) is 0. The molecule has 0 N–H and O–H groups in total. The monoisotopic (exact) mass is 323 g/mol. The van der Waals surface area contributed by atoms with Gasteiger partial charge in [-0.25, -0.2) is 4.98 Å². The van der Waals surface area contributed by atoms with Gasteiger partial charge in [-0.1, -0.05) is 6.07 Å². The number of fused-ring (bicyclic) bond motifs is 1. The SMILES string of the molecule is Cc1ccc2nc(C(=O)N3CCO[C@H](c4cnccn4)C3)cn2c1. The molecule has 7 nitrogen and oxygen atoms in total. The van der Waals surface area contributed by atoms with Crippen LogP contribution >= 0.6 is 0 Å². The highest BCUT2D eigenvalue weighted by Crippen LogP contribution is 2.21. The van der Waals surface area contributed by atoms with Gasteiger partial charge in [-0.2, -0.15) is 0 Å². The Kier molecular flexibility index (Phi) is 3.70. The van der Waals surface area contributed by atoms with Gasteiger partial charge < -0.3 is 14.0 Å². The second-order valence-electron chi connectivity index (χ2n) is 5.84. The number of rotatable bonds is 2. The molecule has 122 valence electrons. The van der Waals surface area contributed by atoms with Gasteiger partial charge in [0.25, 0.3) is 5.91 Å². The summed E-state index contributed by atoms with van der Waals surface area (Å²) in [5.41, 5.74) is 3.07. The third-order valence-electron chi connectivity index (χ3n) is 4.08. The first kappa shape index (κ1) is 14.8. The molecule has 1 atom stereocenters. The molecule has 0 unspecified atom stereocenters. The molecule has 4 heterocycles. The van der Waals surface area contributed by atoms with Crippen LogP contribution in [-0.2, 0) is 4.74 Å². The smallest absolute Gasteiger partial charge is 0.274 e. The summed E-state index contributed by atoms with van der Waals surface area (Å²) in [6.45, 7) is 3.47. The molecule has 7 heteroatoms. The summed E-state index contributed by atoms with van der Waals surface area (Å²) in [5, 5.41) is 0. The van der Waals surface area contributed by atoms with Gasteiger partial charge in [0.2, 0.25) is 0 Å². The average Bonchev–Trinajstić information content (AvgIpc) is 3.05. The zero-order valence-corrected chi connectivity index (χ0v) is 13.3. The minimum atomic E-state index is -0.254. The lowest BCUT2D eigenvalue weighted by molar-refractivity contribution is -0.0250. The minimum absolute atomic E-state index is 0.0893. The number of imidazole rings is 1. The number of ether oxygens (including phenoxy) is 1. The van der Waals surface area contributed by atoms with Crippen LogP contribution in [0, 0.1) is 6.92 Å². The Morgan fingerprint density at radius 3 is 3.04 bits per heavy atom. The molecular formula is C17H17N5O2. The van der Waals surface area contributed by atoms with E-state index in [2.05, 4.69) is 15.0 Å². The summed E-state index contributed by atoms with van der Waals surface area (Å²) >= 11 is 0. The van der Waals surface area contributed by atoms with E-state index in [0.717, 1.165) is 16.9 Å². The fourth-order valence-electron chi connectivity index (χ4n) is 2.86. The van der Waals surface area contributed by atoms with Crippen LogP contribution in [0.2, 0.25) is 0 Å². The van der Waals surface area contributed by atoms with Gasteiger partial charge >= 0.3 is 0 Å². The number of pyridine rings is 1. The molecule has 0 aliphatic carbocycles. The number of nitrogens with zero attached hydrogens (tertiary/aromatic N) is 5. The van der Waals surface area contributed by atoms with Crippen molar-refractivity contribution in [1.29, 1.82) is 0 Å². The Labute approximate surface area is 138 Å². The number of aryl methyl sites for hydroxylation is 1. The first-order chi connectivity index (χ1) is 11.7. The Bertz CT molecular complexity index is 877. The maximum Gasteiger partial charge on any atom is 0.274 e. The van der Waals surface area contributed by atoms with Gasteiger partial charge in [0.15, 0.2) is 0 Å². The Balaban J connectivity index is 1.56. The van der Waals surface area contributed by atoms with E-state index in [-0.39, 0.29) is 12.0 Å². The highest BCUT2D eigenvalue weighted by Gasteiger charge is 2.28. The van der Waals surface area contributed by atoms with E-state index in [1.165, 1.54) is 0 Å². The lowest BCUT2D eigenvalue weighted by Gasteiger charge is -2.32. The van der Waals surface area contributed by atoms with Crippen molar-refractivity contribution in [2.45, 2.75) is 13.0 Å². The molecule has 0 radical (unpaired) electrons. The fourth-order valence-corrected chi connectivity index (χ4v) is 2.86. The summed E-state index contributed by atoms with van der Waals surface area (Å²) in [7, 11) is 0. The Morgan fingerprint density at radius 1 is 1.29 bits per heavy atom. The molecule has 3 aromatic rings. The minimum Gasteiger partial charge on any atom is -0.368 e. The van der Waals surface area contributed by atoms with Crippen molar-refractivity contribution in [3.63, 3.8) is 0 Å². The van der Waals surface area contributed by atoms with Crippen LogP contribution in [0.5, 0.6) is 0 Å². The van der Waals surface area contributed by atoms with Crippen molar-refractivity contribution >= 4 is 11.6 Å². The molecule has 24 heavy (non-hydrogen) atoms. The highest BCUT2D eigenvalue weighted by molar-refractivity contribution is 5.93.